The van der Waals surface area contributed by atoms with Crippen molar-refractivity contribution in [3.8, 4) is 0 Å². The van der Waals surface area contributed by atoms with Gasteiger partial charge in [-0.05, 0) is 32.0 Å². The fourth-order valence-electron chi connectivity index (χ4n) is 2.75. The zero-order valence-electron chi connectivity index (χ0n) is 18.0. The van der Waals surface area contributed by atoms with Crippen LogP contribution in [-0.4, -0.2) is 32.1 Å². The van der Waals surface area contributed by atoms with Crippen LogP contribution >= 0.6 is 11.8 Å². The predicted octanol–water partition coefficient (Wildman–Crippen LogP) is 4.15. The number of hydrogen-bond donors (Lipinski definition) is 2. The molecule has 0 fully saturated rings. The molecule has 0 aliphatic heterocycles. The van der Waals surface area contributed by atoms with E-state index in [9.17, 15) is 9.18 Å². The number of nitrogens with one attached hydrogen (secondary N) is 2. The average molecular weight is 453 g/mol. The van der Waals surface area contributed by atoms with Crippen LogP contribution in [0.15, 0.2) is 71.4 Å². The highest BCUT2D eigenvalue weighted by Crippen LogP contribution is 2.23. The zero-order valence-corrected chi connectivity index (χ0v) is 18.8. The number of aryl methyl sites for hydroxylation is 1. The normalized spacial score (nSPS) is 12.0. The standard InChI is InChI=1S/C23H25FN6OS/c1-4-13-30-21(15-25-19-11-9-16(2)10-12-19)27-29-23(30)32-17(3)22(31)28-26-14-18-7-5-6-8-20(18)24/h4-12,14,17,25H,1,13,15H2,2-3H3,(H,28,31)/b26-14+. The van der Waals surface area contributed by atoms with Crippen molar-refractivity contribution in [3.05, 3.63) is 84.0 Å². The molecule has 3 rings (SSSR count). The number of anilines is 1. The molecule has 1 atom stereocenters. The summed E-state index contributed by atoms with van der Waals surface area (Å²) in [5, 5.41) is 15.8. The molecule has 0 saturated heterocycles. The van der Waals surface area contributed by atoms with E-state index in [0.29, 0.717) is 23.8 Å². The second kappa shape index (κ2) is 11.2. The van der Waals surface area contributed by atoms with Crippen molar-refractivity contribution in [3.63, 3.8) is 0 Å². The third kappa shape index (κ3) is 6.27. The summed E-state index contributed by atoms with van der Waals surface area (Å²) in [5.74, 6) is 0.00505. The number of halogens is 1. The Hall–Kier alpha value is -3.46. The molecule has 0 aliphatic carbocycles. The number of nitrogens with zero attached hydrogens (tertiary/aromatic N) is 4. The SMILES string of the molecule is C=CCn1c(CNc2ccc(C)cc2)nnc1SC(C)C(=O)N/N=C/c1ccccc1F. The van der Waals surface area contributed by atoms with Crippen molar-refractivity contribution >= 4 is 29.6 Å². The summed E-state index contributed by atoms with van der Waals surface area (Å²) in [4.78, 5) is 12.4. The van der Waals surface area contributed by atoms with Gasteiger partial charge in [0.25, 0.3) is 5.91 Å². The fraction of sp³-hybridized carbons (Fsp3) is 0.217. The molecular weight excluding hydrogens is 427 g/mol. The minimum atomic E-state index is -0.488. The molecule has 1 heterocycles. The van der Waals surface area contributed by atoms with Crippen LogP contribution in [-0.2, 0) is 17.9 Å². The zero-order chi connectivity index (χ0) is 22.9. The van der Waals surface area contributed by atoms with E-state index in [4.69, 9.17) is 0 Å². The molecule has 0 aliphatic rings. The first-order valence-electron chi connectivity index (χ1n) is 10.1. The molecule has 2 aromatic carbocycles. The number of thioether (sulfide) groups is 1. The lowest BCUT2D eigenvalue weighted by molar-refractivity contribution is -0.120. The van der Waals surface area contributed by atoms with Crippen LogP contribution in [0.2, 0.25) is 0 Å². The number of carbonyl (C=O) groups excluding carboxylic acids is 1. The van der Waals surface area contributed by atoms with Gasteiger partial charge in [0.05, 0.1) is 18.0 Å². The van der Waals surface area contributed by atoms with Gasteiger partial charge in [-0.1, -0.05) is 53.7 Å². The lowest BCUT2D eigenvalue weighted by Gasteiger charge is -2.12. The Kier molecular flexibility index (Phi) is 8.15. The van der Waals surface area contributed by atoms with Gasteiger partial charge in [0, 0.05) is 17.8 Å². The highest BCUT2D eigenvalue weighted by Gasteiger charge is 2.19. The van der Waals surface area contributed by atoms with Gasteiger partial charge in [-0.15, -0.1) is 16.8 Å². The van der Waals surface area contributed by atoms with Crippen LogP contribution in [0.5, 0.6) is 0 Å². The van der Waals surface area contributed by atoms with Gasteiger partial charge in [0.1, 0.15) is 5.82 Å². The number of amides is 1. The van der Waals surface area contributed by atoms with Gasteiger partial charge in [0.2, 0.25) is 0 Å². The lowest BCUT2D eigenvalue weighted by atomic mass is 10.2. The van der Waals surface area contributed by atoms with Crippen molar-refractivity contribution in [1.82, 2.24) is 20.2 Å². The molecule has 3 aromatic rings. The Balaban J connectivity index is 1.61. The molecule has 1 aromatic heterocycles. The van der Waals surface area contributed by atoms with E-state index in [2.05, 4.69) is 32.6 Å². The van der Waals surface area contributed by atoms with Crippen molar-refractivity contribution in [2.45, 2.75) is 37.3 Å². The summed E-state index contributed by atoms with van der Waals surface area (Å²) < 4.78 is 15.5. The first-order chi connectivity index (χ1) is 15.5. The molecule has 2 N–H and O–H groups in total. The van der Waals surface area contributed by atoms with Crippen LogP contribution < -0.4 is 10.7 Å². The molecule has 166 valence electrons. The van der Waals surface area contributed by atoms with E-state index in [-0.39, 0.29) is 5.91 Å². The van der Waals surface area contributed by atoms with Gasteiger partial charge in [-0.25, -0.2) is 9.82 Å². The Morgan fingerprint density at radius 1 is 1.25 bits per heavy atom. The first kappa shape index (κ1) is 23.2. The number of carbonyl (C=O) groups is 1. The van der Waals surface area contributed by atoms with E-state index in [1.807, 2.05) is 35.8 Å². The number of hydrogen-bond acceptors (Lipinski definition) is 6. The van der Waals surface area contributed by atoms with Gasteiger partial charge >= 0.3 is 0 Å². The maximum absolute atomic E-state index is 13.6. The van der Waals surface area contributed by atoms with Crippen molar-refractivity contribution in [2.24, 2.45) is 5.10 Å². The maximum atomic E-state index is 13.6. The van der Waals surface area contributed by atoms with Crippen molar-refractivity contribution in [2.75, 3.05) is 5.32 Å². The third-order valence-electron chi connectivity index (χ3n) is 4.54. The van der Waals surface area contributed by atoms with Crippen LogP contribution in [0.1, 0.15) is 23.9 Å². The van der Waals surface area contributed by atoms with E-state index in [0.717, 1.165) is 11.5 Å². The minimum Gasteiger partial charge on any atom is -0.378 e. The smallest absolute Gasteiger partial charge is 0.253 e. The van der Waals surface area contributed by atoms with E-state index in [1.54, 1.807) is 31.2 Å². The van der Waals surface area contributed by atoms with Crippen LogP contribution in [0.25, 0.3) is 0 Å². The molecule has 0 radical (unpaired) electrons. The topological polar surface area (TPSA) is 84.2 Å². The summed E-state index contributed by atoms with van der Waals surface area (Å²) in [6.45, 7) is 8.58. The number of hydrazone groups is 1. The highest BCUT2D eigenvalue weighted by atomic mass is 32.2. The largest absolute Gasteiger partial charge is 0.378 e. The molecular formula is C23H25FN6OS. The van der Waals surface area contributed by atoms with Gasteiger partial charge in [-0.2, -0.15) is 5.10 Å². The third-order valence-corrected chi connectivity index (χ3v) is 5.62. The van der Waals surface area contributed by atoms with E-state index < -0.39 is 11.1 Å². The van der Waals surface area contributed by atoms with E-state index in [1.165, 1.54) is 29.6 Å². The van der Waals surface area contributed by atoms with Gasteiger partial charge < -0.3 is 9.88 Å². The van der Waals surface area contributed by atoms with Crippen molar-refractivity contribution in [1.29, 1.82) is 0 Å². The van der Waals surface area contributed by atoms with E-state index >= 15 is 0 Å². The second-order valence-electron chi connectivity index (χ2n) is 7.03. The predicted molar refractivity (Wildman–Crippen MR) is 126 cm³/mol. The molecule has 9 heteroatoms. The van der Waals surface area contributed by atoms with Crippen LogP contribution in [0, 0.1) is 12.7 Å². The average Bonchev–Trinajstić information content (AvgIpc) is 3.16. The van der Waals surface area contributed by atoms with Crippen molar-refractivity contribution < 1.29 is 9.18 Å². The number of benzene rings is 2. The quantitative estimate of drug-likeness (QED) is 0.209. The molecule has 7 nitrogen and oxygen atoms in total. The molecule has 0 saturated carbocycles. The number of aromatic nitrogens is 3. The van der Waals surface area contributed by atoms with Gasteiger partial charge in [-0.3, -0.25) is 4.79 Å². The van der Waals surface area contributed by atoms with Crippen LogP contribution in [0.3, 0.4) is 0 Å². The minimum absolute atomic E-state index is 0.296. The molecule has 0 spiro atoms. The Bertz CT molecular complexity index is 1100. The molecule has 1 unspecified atom stereocenters. The fourth-order valence-corrected chi connectivity index (χ4v) is 3.62. The second-order valence-corrected chi connectivity index (χ2v) is 8.34. The summed E-state index contributed by atoms with van der Waals surface area (Å²) in [6, 6.07) is 14.3. The first-order valence-corrected chi connectivity index (χ1v) is 10.9. The lowest BCUT2D eigenvalue weighted by Crippen LogP contribution is -2.27. The Morgan fingerprint density at radius 2 is 2.00 bits per heavy atom. The summed E-state index contributed by atoms with van der Waals surface area (Å²) in [7, 11) is 0. The number of allylic oxidation sites excluding steroid dienone is 1. The summed E-state index contributed by atoms with van der Waals surface area (Å²) >= 11 is 1.27. The highest BCUT2D eigenvalue weighted by molar-refractivity contribution is 8.00. The molecule has 0 bridgehead atoms. The summed E-state index contributed by atoms with van der Waals surface area (Å²) in [5.41, 5.74) is 4.91. The Morgan fingerprint density at radius 3 is 2.72 bits per heavy atom. The Labute approximate surface area is 190 Å². The number of rotatable bonds is 10. The molecule has 1 amide bonds. The maximum Gasteiger partial charge on any atom is 0.253 e. The summed E-state index contributed by atoms with van der Waals surface area (Å²) in [6.07, 6.45) is 3.03. The monoisotopic (exact) mass is 452 g/mol. The molecule has 32 heavy (non-hydrogen) atoms. The van der Waals surface area contributed by atoms with Gasteiger partial charge in [0.15, 0.2) is 11.0 Å². The van der Waals surface area contributed by atoms with Crippen LogP contribution in [0.4, 0.5) is 10.1 Å².